The van der Waals surface area contributed by atoms with Gasteiger partial charge in [-0.2, -0.15) is 0 Å². The summed E-state index contributed by atoms with van der Waals surface area (Å²) >= 11 is 0. The average Bonchev–Trinajstić information content (AvgIpc) is 2.63. The highest BCUT2D eigenvalue weighted by molar-refractivity contribution is 4.97. The minimum atomic E-state index is 0.531. The maximum atomic E-state index is 4.20. The summed E-state index contributed by atoms with van der Waals surface area (Å²) in [7, 11) is 0. The summed E-state index contributed by atoms with van der Waals surface area (Å²) in [4.78, 5) is 4.20. The number of nitrogens with one attached hydrogen (secondary N) is 1. The quantitative estimate of drug-likeness (QED) is 0.699. The molecular formula is C12H23N3. The molecule has 0 aliphatic rings. The normalized spacial score (nSPS) is 11.2. The monoisotopic (exact) mass is 209 g/mol. The molecule has 0 amide bonds. The van der Waals surface area contributed by atoms with Crippen molar-refractivity contribution in [1.82, 2.24) is 14.9 Å². The molecule has 0 aromatic carbocycles. The fourth-order valence-corrected chi connectivity index (χ4v) is 1.54. The largest absolute Gasteiger partial charge is 0.333 e. The summed E-state index contributed by atoms with van der Waals surface area (Å²) in [5, 5.41) is 3.42. The van der Waals surface area contributed by atoms with Crippen LogP contribution in [0.5, 0.6) is 0 Å². The lowest BCUT2D eigenvalue weighted by Gasteiger charge is -2.10. The highest BCUT2D eigenvalue weighted by Crippen LogP contribution is 2.03. The summed E-state index contributed by atoms with van der Waals surface area (Å²) in [6.07, 6.45) is 7.72. The topological polar surface area (TPSA) is 29.9 Å². The third-order valence-corrected chi connectivity index (χ3v) is 2.49. The predicted octanol–water partition coefficient (Wildman–Crippen LogP) is 2.57. The fraction of sp³-hybridized carbons (Fsp3) is 0.750. The molecule has 0 aliphatic heterocycles. The summed E-state index contributed by atoms with van der Waals surface area (Å²) in [6.45, 7) is 8.58. The summed E-state index contributed by atoms with van der Waals surface area (Å²) < 4.78 is 2.26. The number of unbranched alkanes of at least 4 members (excludes halogenated alkanes) is 2. The van der Waals surface area contributed by atoms with Crippen LogP contribution in [0.15, 0.2) is 12.5 Å². The van der Waals surface area contributed by atoms with E-state index in [0.29, 0.717) is 6.04 Å². The van der Waals surface area contributed by atoms with Crippen molar-refractivity contribution < 1.29 is 0 Å². The first-order chi connectivity index (χ1) is 7.24. The minimum absolute atomic E-state index is 0.531. The van der Waals surface area contributed by atoms with E-state index in [2.05, 4.69) is 35.6 Å². The highest BCUT2D eigenvalue weighted by Gasteiger charge is 2.01. The molecule has 0 atom stereocenters. The van der Waals surface area contributed by atoms with Gasteiger partial charge in [0, 0.05) is 25.3 Å². The Labute approximate surface area is 92.9 Å². The molecule has 15 heavy (non-hydrogen) atoms. The maximum Gasteiger partial charge on any atom is 0.0948 e. The molecule has 1 rings (SSSR count). The van der Waals surface area contributed by atoms with Crippen molar-refractivity contribution >= 4 is 0 Å². The molecule has 0 saturated carbocycles. The highest BCUT2D eigenvalue weighted by atomic mass is 15.1. The number of imidazole rings is 1. The smallest absolute Gasteiger partial charge is 0.0948 e. The molecule has 0 bridgehead atoms. The first kappa shape index (κ1) is 12.2. The Morgan fingerprint density at radius 2 is 2.20 bits per heavy atom. The van der Waals surface area contributed by atoms with E-state index in [4.69, 9.17) is 0 Å². The molecule has 0 unspecified atom stereocenters. The SMILES string of the molecule is CCCCCn1cncc1CNC(C)C. The van der Waals surface area contributed by atoms with E-state index in [0.717, 1.165) is 13.1 Å². The maximum absolute atomic E-state index is 4.20. The predicted molar refractivity (Wildman–Crippen MR) is 63.7 cm³/mol. The molecule has 0 fully saturated rings. The van der Waals surface area contributed by atoms with Gasteiger partial charge >= 0.3 is 0 Å². The van der Waals surface area contributed by atoms with Crippen LogP contribution in [-0.2, 0) is 13.1 Å². The van der Waals surface area contributed by atoms with Crippen LogP contribution >= 0.6 is 0 Å². The molecule has 1 aromatic rings. The van der Waals surface area contributed by atoms with Crippen molar-refractivity contribution in [1.29, 1.82) is 0 Å². The number of rotatable bonds is 7. The molecule has 0 aliphatic carbocycles. The van der Waals surface area contributed by atoms with E-state index in [9.17, 15) is 0 Å². The Hall–Kier alpha value is -0.830. The average molecular weight is 209 g/mol. The van der Waals surface area contributed by atoms with E-state index in [1.165, 1.54) is 25.0 Å². The third kappa shape index (κ3) is 4.47. The molecule has 1 heterocycles. The molecule has 86 valence electrons. The van der Waals surface area contributed by atoms with Gasteiger partial charge in [-0.25, -0.2) is 4.98 Å². The second kappa shape index (κ2) is 6.62. The van der Waals surface area contributed by atoms with Gasteiger partial charge < -0.3 is 9.88 Å². The van der Waals surface area contributed by atoms with Gasteiger partial charge in [-0.3, -0.25) is 0 Å². The lowest BCUT2D eigenvalue weighted by molar-refractivity contribution is 0.537. The second-order valence-corrected chi connectivity index (χ2v) is 4.32. The van der Waals surface area contributed by atoms with Crippen LogP contribution in [0.2, 0.25) is 0 Å². The van der Waals surface area contributed by atoms with Gasteiger partial charge in [0.1, 0.15) is 0 Å². The van der Waals surface area contributed by atoms with E-state index in [-0.39, 0.29) is 0 Å². The van der Waals surface area contributed by atoms with E-state index in [1.54, 1.807) is 0 Å². The van der Waals surface area contributed by atoms with Crippen LogP contribution in [-0.4, -0.2) is 15.6 Å². The Balaban J connectivity index is 2.39. The zero-order valence-electron chi connectivity index (χ0n) is 10.2. The van der Waals surface area contributed by atoms with Crippen LogP contribution in [0.25, 0.3) is 0 Å². The molecule has 3 heteroatoms. The number of hydrogen-bond donors (Lipinski definition) is 1. The minimum Gasteiger partial charge on any atom is -0.333 e. The first-order valence-corrected chi connectivity index (χ1v) is 5.96. The fourth-order valence-electron chi connectivity index (χ4n) is 1.54. The van der Waals surface area contributed by atoms with Gasteiger partial charge in [0.15, 0.2) is 0 Å². The summed E-state index contributed by atoms with van der Waals surface area (Å²) in [6, 6.07) is 0.531. The number of aryl methyl sites for hydroxylation is 1. The zero-order chi connectivity index (χ0) is 11.1. The van der Waals surface area contributed by atoms with Crippen LogP contribution in [0.4, 0.5) is 0 Å². The molecule has 1 aromatic heterocycles. The van der Waals surface area contributed by atoms with Gasteiger partial charge in [0.05, 0.1) is 12.0 Å². The van der Waals surface area contributed by atoms with E-state index < -0.39 is 0 Å². The first-order valence-electron chi connectivity index (χ1n) is 5.96. The molecule has 0 radical (unpaired) electrons. The zero-order valence-corrected chi connectivity index (χ0v) is 10.2. The lowest BCUT2D eigenvalue weighted by atomic mass is 10.2. The summed E-state index contributed by atoms with van der Waals surface area (Å²) in [5.74, 6) is 0. The van der Waals surface area contributed by atoms with Gasteiger partial charge in [0.25, 0.3) is 0 Å². The Bertz CT molecular complexity index is 266. The van der Waals surface area contributed by atoms with Gasteiger partial charge in [-0.1, -0.05) is 33.6 Å². The second-order valence-electron chi connectivity index (χ2n) is 4.32. The van der Waals surface area contributed by atoms with Crippen LogP contribution in [0.1, 0.15) is 45.7 Å². The molecular weight excluding hydrogens is 186 g/mol. The van der Waals surface area contributed by atoms with Gasteiger partial charge in [0.2, 0.25) is 0 Å². The Morgan fingerprint density at radius 3 is 2.87 bits per heavy atom. The van der Waals surface area contributed by atoms with Crippen molar-refractivity contribution in [2.75, 3.05) is 0 Å². The van der Waals surface area contributed by atoms with Crippen molar-refractivity contribution in [3.8, 4) is 0 Å². The Kier molecular flexibility index (Phi) is 5.40. The van der Waals surface area contributed by atoms with E-state index in [1.807, 2.05) is 12.5 Å². The van der Waals surface area contributed by atoms with Crippen LogP contribution in [0, 0.1) is 0 Å². The summed E-state index contributed by atoms with van der Waals surface area (Å²) in [5.41, 5.74) is 1.29. The number of aromatic nitrogens is 2. The van der Waals surface area contributed by atoms with Crippen molar-refractivity contribution in [3.63, 3.8) is 0 Å². The van der Waals surface area contributed by atoms with E-state index >= 15 is 0 Å². The standard InChI is InChI=1S/C12H23N3/c1-4-5-6-7-15-10-13-8-12(15)9-14-11(2)3/h8,10-11,14H,4-7,9H2,1-3H3. The molecule has 0 saturated heterocycles. The lowest BCUT2D eigenvalue weighted by Crippen LogP contribution is -2.23. The van der Waals surface area contributed by atoms with Gasteiger partial charge in [-0.05, 0) is 6.42 Å². The molecule has 3 nitrogen and oxygen atoms in total. The van der Waals surface area contributed by atoms with Crippen molar-refractivity contribution in [2.24, 2.45) is 0 Å². The molecule has 1 N–H and O–H groups in total. The molecule has 0 spiro atoms. The van der Waals surface area contributed by atoms with Gasteiger partial charge in [-0.15, -0.1) is 0 Å². The third-order valence-electron chi connectivity index (χ3n) is 2.49. The van der Waals surface area contributed by atoms with Crippen LogP contribution in [0.3, 0.4) is 0 Å². The number of nitrogens with zero attached hydrogens (tertiary/aromatic N) is 2. The number of hydrogen-bond acceptors (Lipinski definition) is 2. The van der Waals surface area contributed by atoms with Crippen molar-refractivity contribution in [2.45, 2.75) is 59.2 Å². The Morgan fingerprint density at radius 1 is 1.40 bits per heavy atom. The van der Waals surface area contributed by atoms with Crippen LogP contribution < -0.4 is 5.32 Å². The van der Waals surface area contributed by atoms with Crippen molar-refractivity contribution in [3.05, 3.63) is 18.2 Å².